The molecule has 0 aromatic heterocycles. The van der Waals surface area contributed by atoms with Gasteiger partial charge in [0.1, 0.15) is 11.5 Å². The van der Waals surface area contributed by atoms with Gasteiger partial charge in [-0.2, -0.15) is 8.78 Å². The predicted molar refractivity (Wildman–Crippen MR) is 89.2 cm³/mol. The number of ether oxygens (including phenoxy) is 2. The number of amides is 2. The molecule has 0 unspecified atom stereocenters. The Labute approximate surface area is 144 Å². The Bertz CT molecular complexity index is 768. The molecule has 0 bridgehead atoms. The van der Waals surface area contributed by atoms with Crippen LogP contribution in [0.2, 0.25) is 0 Å². The molecular weight excluding hydrogens is 330 g/mol. The summed E-state index contributed by atoms with van der Waals surface area (Å²) in [6.45, 7) is -1.86. The van der Waals surface area contributed by atoms with E-state index in [2.05, 4.69) is 10.1 Å². The summed E-state index contributed by atoms with van der Waals surface area (Å²) in [6, 6.07) is 11.5. The van der Waals surface area contributed by atoms with E-state index in [-0.39, 0.29) is 11.8 Å². The van der Waals surface area contributed by atoms with E-state index in [1.165, 1.54) is 17.7 Å². The second-order valence-corrected chi connectivity index (χ2v) is 5.64. The fourth-order valence-electron chi connectivity index (χ4n) is 2.79. The molecule has 0 atom stereocenters. The van der Waals surface area contributed by atoms with Crippen molar-refractivity contribution in [3.63, 3.8) is 0 Å². The van der Waals surface area contributed by atoms with Crippen LogP contribution in [0.15, 0.2) is 42.5 Å². The first-order chi connectivity index (χ1) is 12.0. The number of alkyl halides is 2. The van der Waals surface area contributed by atoms with E-state index in [4.69, 9.17) is 4.74 Å². The van der Waals surface area contributed by atoms with Crippen molar-refractivity contribution in [2.75, 3.05) is 19.0 Å². The van der Waals surface area contributed by atoms with Crippen LogP contribution in [-0.4, -0.2) is 31.2 Å². The molecule has 2 aromatic carbocycles. The molecule has 1 aliphatic rings. The second-order valence-electron chi connectivity index (χ2n) is 5.64. The molecule has 0 saturated carbocycles. The molecule has 5 nitrogen and oxygen atoms in total. The van der Waals surface area contributed by atoms with Gasteiger partial charge in [-0.15, -0.1) is 0 Å². The van der Waals surface area contributed by atoms with Crippen LogP contribution in [0, 0.1) is 0 Å². The lowest BCUT2D eigenvalue weighted by molar-refractivity contribution is -0.0497. The quantitative estimate of drug-likeness (QED) is 0.912. The molecule has 1 aliphatic heterocycles. The van der Waals surface area contributed by atoms with Crippen molar-refractivity contribution in [2.24, 2.45) is 0 Å². The van der Waals surface area contributed by atoms with Crippen LogP contribution in [0.3, 0.4) is 0 Å². The Hall–Kier alpha value is -2.83. The summed E-state index contributed by atoms with van der Waals surface area (Å²) in [5.74, 6) is 0.749. The van der Waals surface area contributed by atoms with Gasteiger partial charge in [-0.3, -0.25) is 0 Å². The van der Waals surface area contributed by atoms with Gasteiger partial charge in [-0.05, 0) is 41.8 Å². The van der Waals surface area contributed by atoms with E-state index in [0.29, 0.717) is 18.8 Å². The van der Waals surface area contributed by atoms with E-state index in [1.807, 2.05) is 18.2 Å². The molecule has 1 heterocycles. The fraction of sp³-hybridized carbons (Fsp3) is 0.278. The van der Waals surface area contributed by atoms with Gasteiger partial charge in [0.25, 0.3) is 0 Å². The van der Waals surface area contributed by atoms with Crippen molar-refractivity contribution in [1.29, 1.82) is 0 Å². The second kappa shape index (κ2) is 7.38. The van der Waals surface area contributed by atoms with Crippen LogP contribution < -0.4 is 14.8 Å². The third kappa shape index (κ3) is 4.17. The van der Waals surface area contributed by atoms with E-state index < -0.39 is 6.61 Å². The SMILES string of the molecule is COc1ccc2c(c1)CN(C(=O)Nc1cccc(OC(F)F)c1)CC2. The van der Waals surface area contributed by atoms with Crippen LogP contribution in [0.4, 0.5) is 19.3 Å². The minimum absolute atomic E-state index is 0.00141. The number of carbonyl (C=O) groups is 1. The molecular formula is C18H18F2N2O3. The number of nitrogens with one attached hydrogen (secondary N) is 1. The van der Waals surface area contributed by atoms with Crippen LogP contribution >= 0.6 is 0 Å². The Morgan fingerprint density at radius 2 is 2.00 bits per heavy atom. The van der Waals surface area contributed by atoms with E-state index in [0.717, 1.165) is 17.7 Å². The fourth-order valence-corrected chi connectivity index (χ4v) is 2.79. The summed E-state index contributed by atoms with van der Waals surface area (Å²) in [4.78, 5) is 14.1. The summed E-state index contributed by atoms with van der Waals surface area (Å²) in [5, 5.41) is 2.72. The summed E-state index contributed by atoms with van der Waals surface area (Å²) in [6.07, 6.45) is 0.751. The molecule has 2 aromatic rings. The number of fused-ring (bicyclic) bond motifs is 1. The monoisotopic (exact) mass is 348 g/mol. The van der Waals surface area contributed by atoms with Crippen molar-refractivity contribution in [3.05, 3.63) is 53.6 Å². The summed E-state index contributed by atoms with van der Waals surface area (Å²) >= 11 is 0. The Balaban J connectivity index is 1.68. The standard InChI is InChI=1S/C18H18F2N2O3/c1-24-15-6-5-12-7-8-22(11-13(12)9-15)18(23)21-14-3-2-4-16(10-14)25-17(19)20/h2-6,9-10,17H,7-8,11H2,1H3,(H,21,23). The van der Waals surface area contributed by atoms with Gasteiger partial charge in [0.2, 0.25) is 0 Å². The molecule has 0 radical (unpaired) electrons. The highest BCUT2D eigenvalue weighted by molar-refractivity contribution is 5.89. The number of hydrogen-bond donors (Lipinski definition) is 1. The van der Waals surface area contributed by atoms with Crippen molar-refractivity contribution >= 4 is 11.7 Å². The Morgan fingerprint density at radius 3 is 2.76 bits per heavy atom. The highest BCUT2D eigenvalue weighted by Gasteiger charge is 2.21. The first-order valence-electron chi connectivity index (χ1n) is 7.82. The molecule has 0 fully saturated rings. The van der Waals surface area contributed by atoms with E-state index in [9.17, 15) is 13.6 Å². The summed E-state index contributed by atoms with van der Waals surface area (Å²) in [7, 11) is 1.60. The molecule has 132 valence electrons. The highest BCUT2D eigenvalue weighted by Crippen LogP contribution is 2.25. The zero-order valence-corrected chi connectivity index (χ0v) is 13.7. The average Bonchev–Trinajstić information content (AvgIpc) is 2.60. The van der Waals surface area contributed by atoms with Crippen molar-refractivity contribution in [3.8, 4) is 11.5 Å². The predicted octanol–water partition coefficient (Wildman–Crippen LogP) is 3.89. The number of nitrogens with zero attached hydrogens (tertiary/aromatic N) is 1. The third-order valence-corrected chi connectivity index (χ3v) is 4.02. The largest absolute Gasteiger partial charge is 0.497 e. The maximum Gasteiger partial charge on any atom is 0.387 e. The first kappa shape index (κ1) is 17.0. The number of rotatable bonds is 4. The van der Waals surface area contributed by atoms with Crippen LogP contribution in [0.1, 0.15) is 11.1 Å². The molecule has 2 amide bonds. The van der Waals surface area contributed by atoms with Gasteiger partial charge in [0, 0.05) is 24.8 Å². The first-order valence-corrected chi connectivity index (χ1v) is 7.82. The number of anilines is 1. The lowest BCUT2D eigenvalue weighted by Crippen LogP contribution is -2.38. The molecule has 3 rings (SSSR count). The number of methoxy groups -OCH3 is 1. The molecule has 25 heavy (non-hydrogen) atoms. The topological polar surface area (TPSA) is 50.8 Å². The zero-order valence-electron chi connectivity index (χ0n) is 13.7. The minimum Gasteiger partial charge on any atom is -0.497 e. The molecule has 0 aliphatic carbocycles. The number of urea groups is 1. The van der Waals surface area contributed by atoms with E-state index >= 15 is 0 Å². The van der Waals surface area contributed by atoms with Crippen LogP contribution in [0.5, 0.6) is 11.5 Å². The van der Waals surface area contributed by atoms with Gasteiger partial charge in [-0.25, -0.2) is 4.79 Å². The zero-order chi connectivity index (χ0) is 17.8. The van der Waals surface area contributed by atoms with Crippen molar-refractivity contribution < 1.29 is 23.0 Å². The van der Waals surface area contributed by atoms with Crippen LogP contribution in [0.25, 0.3) is 0 Å². The minimum atomic E-state index is -2.90. The number of carbonyl (C=O) groups excluding carboxylic acids is 1. The maximum absolute atomic E-state index is 12.5. The number of hydrogen-bond acceptors (Lipinski definition) is 3. The van der Waals surface area contributed by atoms with E-state index in [1.54, 1.807) is 24.1 Å². The number of benzene rings is 2. The molecule has 0 saturated heterocycles. The van der Waals surface area contributed by atoms with Crippen molar-refractivity contribution in [2.45, 2.75) is 19.6 Å². The molecule has 7 heteroatoms. The average molecular weight is 348 g/mol. The van der Waals surface area contributed by atoms with Gasteiger partial charge in [0.05, 0.1) is 7.11 Å². The van der Waals surface area contributed by atoms with Gasteiger partial charge < -0.3 is 19.7 Å². The van der Waals surface area contributed by atoms with Gasteiger partial charge in [-0.1, -0.05) is 12.1 Å². The smallest absolute Gasteiger partial charge is 0.387 e. The molecule has 1 N–H and O–H groups in total. The van der Waals surface area contributed by atoms with Crippen LogP contribution in [-0.2, 0) is 13.0 Å². The lowest BCUT2D eigenvalue weighted by Gasteiger charge is -2.29. The lowest BCUT2D eigenvalue weighted by atomic mass is 10.00. The maximum atomic E-state index is 12.5. The van der Waals surface area contributed by atoms with Crippen molar-refractivity contribution in [1.82, 2.24) is 4.90 Å². The van der Waals surface area contributed by atoms with Gasteiger partial charge in [0.15, 0.2) is 0 Å². The summed E-state index contributed by atoms with van der Waals surface area (Å²) < 4.78 is 34.1. The molecule has 0 spiro atoms. The normalized spacial score (nSPS) is 13.4. The third-order valence-electron chi connectivity index (χ3n) is 4.02. The summed E-state index contributed by atoms with van der Waals surface area (Å²) in [5.41, 5.74) is 2.63. The highest BCUT2D eigenvalue weighted by atomic mass is 19.3. The van der Waals surface area contributed by atoms with Gasteiger partial charge >= 0.3 is 12.6 Å². The Morgan fingerprint density at radius 1 is 1.16 bits per heavy atom. The number of halogens is 2. The Kier molecular flexibility index (Phi) is 5.02.